The quantitative estimate of drug-likeness (QED) is 0.0887. The zero-order valence-electron chi connectivity index (χ0n) is 31.5. The van der Waals surface area contributed by atoms with Gasteiger partial charge in [-0.15, -0.1) is 11.3 Å². The van der Waals surface area contributed by atoms with Crippen LogP contribution < -0.4 is 11.2 Å². The third-order valence-electron chi connectivity index (χ3n) is 11.6. The van der Waals surface area contributed by atoms with Gasteiger partial charge in [0, 0.05) is 27.5 Å². The topological polar surface area (TPSA) is 92.1 Å². The molecule has 4 aromatic carbocycles. The molecule has 0 saturated carbocycles. The number of fused-ring (bicyclic) bond motifs is 6. The van der Waals surface area contributed by atoms with Gasteiger partial charge in [-0.3, -0.25) is 20.4 Å². The first-order chi connectivity index (χ1) is 27.1. The predicted molar refractivity (Wildman–Crippen MR) is 237 cm³/mol. The van der Waals surface area contributed by atoms with Crippen LogP contribution in [-0.4, -0.2) is 19.8 Å². The van der Waals surface area contributed by atoms with Crippen molar-refractivity contribution >= 4 is 45.1 Å². The van der Waals surface area contributed by atoms with Crippen LogP contribution in [-0.2, 0) is 10.8 Å². The Bertz CT molecular complexity index is 2750. The summed E-state index contributed by atoms with van der Waals surface area (Å²) < 4.78 is 2.17. The van der Waals surface area contributed by atoms with Crippen LogP contribution in [0.3, 0.4) is 0 Å². The number of benzene rings is 4. The van der Waals surface area contributed by atoms with E-state index in [1.807, 2.05) is 24.3 Å². The van der Waals surface area contributed by atoms with Crippen molar-refractivity contribution in [1.29, 1.82) is 5.41 Å². The van der Waals surface area contributed by atoms with Gasteiger partial charge in [-0.05, 0) is 98.6 Å². The van der Waals surface area contributed by atoms with Gasteiger partial charge in [0.25, 0.3) is 0 Å². The van der Waals surface area contributed by atoms with E-state index in [9.17, 15) is 0 Å². The maximum Gasteiger partial charge on any atom is 0.194 e. The second kappa shape index (κ2) is 13.2. The fourth-order valence-corrected chi connectivity index (χ4v) is 11.6. The van der Waals surface area contributed by atoms with E-state index in [1.165, 1.54) is 61.8 Å². The van der Waals surface area contributed by atoms with Crippen molar-refractivity contribution in [2.45, 2.75) is 49.3 Å². The molecule has 7 aromatic rings. The minimum Gasteiger partial charge on any atom is -0.314 e. The molecule has 2 atom stereocenters. The van der Waals surface area contributed by atoms with E-state index in [4.69, 9.17) is 21.2 Å². The SMILES string of the molecule is CC1(C)c2ccccc2-c2ccc(-c3cccc(C(N)SC(=N)c4ccc(C5NN=C(n6cccc6-c6ccc7c(c6)C(C)(C)c6ccccc6-7)S5)s4)n3)cc21. The summed E-state index contributed by atoms with van der Waals surface area (Å²) in [5.41, 5.74) is 25.6. The highest BCUT2D eigenvalue weighted by Gasteiger charge is 2.37. The number of nitrogens with two attached hydrogens (primary N) is 1. The molecular formula is C47H40N6S3. The Labute approximate surface area is 339 Å². The minimum atomic E-state index is -0.483. The summed E-state index contributed by atoms with van der Waals surface area (Å²) in [7, 11) is 0. The van der Waals surface area contributed by atoms with Gasteiger partial charge >= 0.3 is 0 Å². The van der Waals surface area contributed by atoms with Crippen LogP contribution in [0.5, 0.6) is 0 Å². The lowest BCUT2D eigenvalue weighted by Crippen LogP contribution is -2.15. The van der Waals surface area contributed by atoms with Crippen LogP contribution in [0, 0.1) is 5.41 Å². The third-order valence-corrected chi connectivity index (χ3v) is 15.1. The molecule has 0 fully saturated rings. The van der Waals surface area contributed by atoms with Crippen LogP contribution in [0.1, 0.15) is 76.1 Å². The summed E-state index contributed by atoms with van der Waals surface area (Å²) in [6.45, 7) is 9.22. The first-order valence-electron chi connectivity index (χ1n) is 18.8. The Morgan fingerprint density at radius 2 is 1.38 bits per heavy atom. The Morgan fingerprint density at radius 3 is 2.09 bits per heavy atom. The molecular weight excluding hydrogens is 745 g/mol. The molecule has 3 aliphatic rings. The minimum absolute atomic E-state index is 0.0534. The standard InChI is InChI=1S/C47H40N6S3/c1-46(2)33-13-7-5-11-29(33)31-20-18-27(25-35(31)46)37-15-9-16-38(50-37)42(48)55-43(49)40-22-23-41(54-40)44-51-52-45(56-44)53-24-10-17-39(53)28-19-21-32-30-12-6-8-14-34(30)47(3,4)36(32)26-28/h5-26,42,44,49,51H,48H2,1-4H3. The lowest BCUT2D eigenvalue weighted by Gasteiger charge is -2.22. The molecule has 2 unspecified atom stereocenters. The maximum atomic E-state index is 9.01. The molecule has 0 radical (unpaired) electrons. The molecule has 9 heteroatoms. The Morgan fingerprint density at radius 1 is 0.732 bits per heavy atom. The summed E-state index contributed by atoms with van der Waals surface area (Å²) >= 11 is 4.61. The second-order valence-electron chi connectivity index (χ2n) is 15.7. The van der Waals surface area contributed by atoms with Gasteiger partial charge in [0.1, 0.15) is 10.4 Å². The molecule has 1 aliphatic heterocycles. The number of nitrogens with zero attached hydrogens (tertiary/aromatic N) is 3. The second-order valence-corrected chi connectivity index (χ2v) is 19.0. The molecule has 56 heavy (non-hydrogen) atoms. The van der Waals surface area contributed by atoms with Crippen LogP contribution in [0.25, 0.3) is 44.8 Å². The summed E-state index contributed by atoms with van der Waals surface area (Å²) in [6, 6.07) is 45.3. The Balaban J connectivity index is 0.819. The summed E-state index contributed by atoms with van der Waals surface area (Å²) in [6.07, 6.45) is 2.08. The zero-order chi connectivity index (χ0) is 38.3. The van der Waals surface area contributed by atoms with Gasteiger partial charge in [0.2, 0.25) is 0 Å². The van der Waals surface area contributed by atoms with Gasteiger partial charge in [-0.2, -0.15) is 5.10 Å². The van der Waals surface area contributed by atoms with Crippen LogP contribution in [0.15, 0.2) is 139 Å². The zero-order valence-corrected chi connectivity index (χ0v) is 33.9. The normalized spacial score (nSPS) is 17.4. The fraction of sp³-hybridized carbons (Fsp3) is 0.170. The number of aromatic nitrogens is 2. The number of hydrogen-bond acceptors (Lipinski definition) is 8. The van der Waals surface area contributed by atoms with Crippen molar-refractivity contribution < 1.29 is 0 Å². The number of hydrazone groups is 1. The maximum absolute atomic E-state index is 9.01. The van der Waals surface area contributed by atoms with Crippen molar-refractivity contribution in [3.05, 3.63) is 171 Å². The van der Waals surface area contributed by atoms with Gasteiger partial charge in [0.15, 0.2) is 5.17 Å². The van der Waals surface area contributed by atoms with E-state index in [2.05, 4.69) is 147 Å². The van der Waals surface area contributed by atoms with Crippen LogP contribution in [0.4, 0.5) is 0 Å². The van der Waals surface area contributed by atoms with Crippen molar-refractivity contribution in [3.63, 3.8) is 0 Å². The molecule has 10 rings (SSSR count). The first-order valence-corrected chi connectivity index (χ1v) is 21.4. The molecule has 276 valence electrons. The van der Waals surface area contributed by atoms with Crippen molar-refractivity contribution in [2.75, 3.05) is 0 Å². The summed E-state index contributed by atoms with van der Waals surface area (Å²) in [5, 5.41) is 14.6. The van der Waals surface area contributed by atoms with Crippen molar-refractivity contribution in [3.8, 4) is 44.8 Å². The molecule has 0 bridgehead atoms. The largest absolute Gasteiger partial charge is 0.314 e. The number of thioether (sulfide) groups is 2. The molecule has 0 saturated heterocycles. The highest BCUT2D eigenvalue weighted by molar-refractivity contribution is 8.15. The van der Waals surface area contributed by atoms with Gasteiger partial charge < -0.3 is 5.73 Å². The molecule has 0 amide bonds. The summed E-state index contributed by atoms with van der Waals surface area (Å²) in [5.74, 6) is 0. The highest BCUT2D eigenvalue weighted by atomic mass is 32.2. The van der Waals surface area contributed by atoms with E-state index in [1.54, 1.807) is 23.1 Å². The smallest absolute Gasteiger partial charge is 0.194 e. The number of thiophene rings is 1. The van der Waals surface area contributed by atoms with E-state index >= 15 is 0 Å². The number of pyridine rings is 1. The van der Waals surface area contributed by atoms with Gasteiger partial charge in [-0.25, -0.2) is 0 Å². The molecule has 6 nitrogen and oxygen atoms in total. The highest BCUT2D eigenvalue weighted by Crippen LogP contribution is 2.51. The fourth-order valence-electron chi connectivity index (χ4n) is 8.65. The van der Waals surface area contributed by atoms with Gasteiger partial charge in [0.05, 0.1) is 27.3 Å². The Kier molecular flexibility index (Phi) is 8.31. The van der Waals surface area contributed by atoms with Crippen LogP contribution in [0.2, 0.25) is 0 Å². The molecule has 0 spiro atoms. The Hall–Kier alpha value is -5.19. The van der Waals surface area contributed by atoms with E-state index < -0.39 is 5.37 Å². The van der Waals surface area contributed by atoms with Gasteiger partial charge in [-0.1, -0.05) is 130 Å². The monoisotopic (exact) mass is 784 g/mol. The number of nitrogens with one attached hydrogen (secondary N) is 2. The average Bonchev–Trinajstić information content (AvgIpc) is 4.06. The lowest BCUT2D eigenvalue weighted by molar-refractivity contribution is 0.660. The van der Waals surface area contributed by atoms with E-state index in [0.29, 0.717) is 5.04 Å². The number of hydrogen-bond donors (Lipinski definition) is 3. The molecule has 3 aromatic heterocycles. The average molecular weight is 785 g/mol. The van der Waals surface area contributed by atoms with Crippen molar-refractivity contribution in [2.24, 2.45) is 10.8 Å². The lowest BCUT2D eigenvalue weighted by atomic mass is 9.82. The molecule has 2 aliphatic carbocycles. The predicted octanol–water partition coefficient (Wildman–Crippen LogP) is 11.8. The van der Waals surface area contributed by atoms with E-state index in [-0.39, 0.29) is 16.2 Å². The molecule has 4 heterocycles. The van der Waals surface area contributed by atoms with Crippen LogP contribution >= 0.6 is 34.9 Å². The van der Waals surface area contributed by atoms with Crippen molar-refractivity contribution in [1.82, 2.24) is 15.0 Å². The third kappa shape index (κ3) is 5.63. The number of rotatable bonds is 6. The first kappa shape index (κ1) is 35.2. The summed E-state index contributed by atoms with van der Waals surface area (Å²) in [4.78, 5) is 6.98. The van der Waals surface area contributed by atoms with E-state index in [0.717, 1.165) is 37.6 Å². The molecule has 4 N–H and O–H groups in total.